The van der Waals surface area contributed by atoms with Gasteiger partial charge in [-0.1, -0.05) is 53.2 Å². The van der Waals surface area contributed by atoms with E-state index in [4.69, 9.17) is 0 Å². The first kappa shape index (κ1) is 25.8. The van der Waals surface area contributed by atoms with Gasteiger partial charge in [-0.25, -0.2) is 0 Å². The van der Waals surface area contributed by atoms with E-state index in [-0.39, 0.29) is 35.4 Å². The number of aliphatic hydroxyl groups excluding tert-OH is 2. The largest absolute Gasteiger partial charge is 0.392 e. The van der Waals surface area contributed by atoms with Gasteiger partial charge in [-0.2, -0.15) is 0 Å². The number of allylic oxidation sites excluding steroid dienone is 3. The summed E-state index contributed by atoms with van der Waals surface area (Å²) >= 11 is 0. The van der Waals surface area contributed by atoms with Crippen molar-refractivity contribution in [2.45, 2.75) is 99.3 Å². The van der Waals surface area contributed by atoms with Crippen LogP contribution >= 0.6 is 0 Å². The Bertz CT molecular complexity index is 920. The van der Waals surface area contributed by atoms with Crippen LogP contribution < -0.4 is 0 Å². The van der Waals surface area contributed by atoms with E-state index in [0.717, 1.165) is 50.5 Å². The lowest BCUT2D eigenvalue weighted by atomic mass is 9.43. The van der Waals surface area contributed by atoms with E-state index in [9.17, 15) is 19.8 Å². The number of aliphatic hydroxyl groups is 2. The van der Waals surface area contributed by atoms with Crippen molar-refractivity contribution >= 4 is 11.6 Å². The number of carbonyl (C=O) groups excluding carboxylic acids is 2. The molecular weight excluding hydrogens is 424 g/mol. The smallest absolute Gasteiger partial charge is 0.159 e. The van der Waals surface area contributed by atoms with E-state index in [1.807, 2.05) is 6.08 Å². The monoisotopic (exact) mass is 470 g/mol. The quantitative estimate of drug-likeness (QED) is 0.480. The number of hydrogen-bond acceptors (Lipinski definition) is 4. The maximum atomic E-state index is 13.9. The first-order chi connectivity index (χ1) is 15.9. The Kier molecular flexibility index (Phi) is 6.60. The second-order valence-corrected chi connectivity index (χ2v) is 13.2. The van der Waals surface area contributed by atoms with Crippen LogP contribution in [-0.2, 0) is 9.59 Å². The number of rotatable bonds is 6. The van der Waals surface area contributed by atoms with E-state index in [0.29, 0.717) is 41.8 Å². The van der Waals surface area contributed by atoms with E-state index in [2.05, 4.69) is 41.5 Å². The fourth-order valence-corrected chi connectivity index (χ4v) is 9.05. The summed E-state index contributed by atoms with van der Waals surface area (Å²) in [6.07, 6.45) is 10.3. The van der Waals surface area contributed by atoms with Gasteiger partial charge >= 0.3 is 0 Å². The number of ketones is 2. The lowest BCUT2D eigenvalue weighted by Crippen LogP contribution is -2.56. The van der Waals surface area contributed by atoms with E-state index in [1.165, 1.54) is 5.57 Å². The minimum atomic E-state index is -0.426. The highest BCUT2D eigenvalue weighted by atomic mass is 16.3. The molecule has 2 N–H and O–H groups in total. The number of fused-ring (bicyclic) bond motifs is 4. The van der Waals surface area contributed by atoms with Crippen LogP contribution in [0.4, 0.5) is 0 Å². The molecule has 4 rings (SSSR count). The maximum absolute atomic E-state index is 13.9. The molecule has 0 aliphatic heterocycles. The SMILES string of the molecule is C[C@H](CCC=C(CO)CO)[C@H]1CC[C@@]2(C)C3=C(CC[C@]12C)[C@@]1(C)CCC(=O)C(C)(C)[C@H]1CC3=O. The molecule has 4 aliphatic carbocycles. The normalized spacial score (nSPS) is 39.9. The van der Waals surface area contributed by atoms with Crippen molar-refractivity contribution in [3.8, 4) is 0 Å². The van der Waals surface area contributed by atoms with Crippen molar-refractivity contribution in [3.05, 3.63) is 22.8 Å². The highest BCUT2D eigenvalue weighted by Crippen LogP contribution is 2.71. The van der Waals surface area contributed by atoms with Gasteiger partial charge in [0.25, 0.3) is 0 Å². The van der Waals surface area contributed by atoms with Crippen molar-refractivity contribution in [2.24, 2.45) is 39.4 Å². The third kappa shape index (κ3) is 3.53. The van der Waals surface area contributed by atoms with Crippen LogP contribution in [0.3, 0.4) is 0 Å². The van der Waals surface area contributed by atoms with Crippen molar-refractivity contribution in [2.75, 3.05) is 13.2 Å². The summed E-state index contributed by atoms with van der Waals surface area (Å²) in [6, 6.07) is 0. The van der Waals surface area contributed by atoms with Gasteiger partial charge in [0.05, 0.1) is 13.2 Å². The summed E-state index contributed by atoms with van der Waals surface area (Å²) < 4.78 is 0. The molecule has 2 fully saturated rings. The van der Waals surface area contributed by atoms with Gasteiger partial charge in [-0.3, -0.25) is 9.59 Å². The second kappa shape index (κ2) is 8.69. The number of hydrogen-bond donors (Lipinski definition) is 2. The summed E-state index contributed by atoms with van der Waals surface area (Å²) in [7, 11) is 0. The minimum Gasteiger partial charge on any atom is -0.392 e. The fraction of sp³-hybridized carbons (Fsp3) is 0.800. The molecule has 0 aromatic rings. The summed E-state index contributed by atoms with van der Waals surface area (Å²) in [6.45, 7) is 13.5. The number of carbonyl (C=O) groups is 2. The first-order valence-electron chi connectivity index (χ1n) is 13.6. The van der Waals surface area contributed by atoms with Crippen molar-refractivity contribution < 1.29 is 19.8 Å². The van der Waals surface area contributed by atoms with Gasteiger partial charge in [0, 0.05) is 29.2 Å². The second-order valence-electron chi connectivity index (χ2n) is 13.2. The fourth-order valence-electron chi connectivity index (χ4n) is 9.05. The minimum absolute atomic E-state index is 0.0372. The Hall–Kier alpha value is -1.26. The predicted molar refractivity (Wildman–Crippen MR) is 135 cm³/mol. The van der Waals surface area contributed by atoms with Crippen LogP contribution in [0, 0.1) is 39.4 Å². The third-order valence-electron chi connectivity index (χ3n) is 11.5. The highest BCUT2D eigenvalue weighted by molar-refractivity contribution is 6.00. The molecule has 0 spiro atoms. The van der Waals surface area contributed by atoms with Gasteiger partial charge in [0.1, 0.15) is 5.78 Å². The molecular formula is C30H46O4. The van der Waals surface area contributed by atoms with Crippen LogP contribution in [0.2, 0.25) is 0 Å². The molecule has 4 nitrogen and oxygen atoms in total. The Morgan fingerprint density at radius 2 is 1.71 bits per heavy atom. The molecule has 190 valence electrons. The standard InChI is InChI=1S/C30H46O4/c1-19(8-7-9-20(17-31)18-32)21-10-15-30(6)26-22(11-14-29(21,30)5)28(4)13-12-25(34)27(2,3)24(28)16-23(26)33/h9,19,21,24,31-32H,7-8,10-18H2,1-6H3/t19-,21-,24-,28-,29-,30+/m1/s1. The average molecular weight is 471 g/mol. The Balaban J connectivity index is 1.65. The molecule has 0 heterocycles. The Labute approximate surface area is 206 Å². The van der Waals surface area contributed by atoms with E-state index >= 15 is 0 Å². The molecule has 0 saturated heterocycles. The Morgan fingerprint density at radius 1 is 1.03 bits per heavy atom. The lowest BCUT2D eigenvalue weighted by Gasteiger charge is -2.60. The topological polar surface area (TPSA) is 74.6 Å². The van der Waals surface area contributed by atoms with Crippen LogP contribution in [0.5, 0.6) is 0 Å². The molecule has 34 heavy (non-hydrogen) atoms. The molecule has 0 unspecified atom stereocenters. The molecule has 0 bridgehead atoms. The summed E-state index contributed by atoms with van der Waals surface area (Å²) in [5, 5.41) is 18.7. The molecule has 2 saturated carbocycles. The van der Waals surface area contributed by atoms with E-state index in [1.54, 1.807) is 0 Å². The van der Waals surface area contributed by atoms with Crippen molar-refractivity contribution in [3.63, 3.8) is 0 Å². The van der Waals surface area contributed by atoms with Gasteiger partial charge in [-0.15, -0.1) is 0 Å². The summed E-state index contributed by atoms with van der Waals surface area (Å²) in [5.41, 5.74) is 2.81. The van der Waals surface area contributed by atoms with E-state index < -0.39 is 5.41 Å². The first-order valence-corrected chi connectivity index (χ1v) is 13.6. The summed E-state index contributed by atoms with van der Waals surface area (Å²) in [5.74, 6) is 1.86. The van der Waals surface area contributed by atoms with Crippen LogP contribution in [0.15, 0.2) is 22.8 Å². The molecule has 4 aliphatic rings. The predicted octanol–water partition coefficient (Wildman–Crippen LogP) is 5.81. The molecule has 6 atom stereocenters. The van der Waals surface area contributed by atoms with Crippen LogP contribution in [-0.4, -0.2) is 35.0 Å². The van der Waals surface area contributed by atoms with Gasteiger partial charge in [0.15, 0.2) is 5.78 Å². The lowest BCUT2D eigenvalue weighted by molar-refractivity contribution is -0.142. The molecule has 4 heteroatoms. The molecule has 0 amide bonds. The summed E-state index contributed by atoms with van der Waals surface area (Å²) in [4.78, 5) is 26.7. The van der Waals surface area contributed by atoms with Gasteiger partial charge in [-0.05, 0) is 79.1 Å². The van der Waals surface area contributed by atoms with Crippen molar-refractivity contribution in [1.82, 2.24) is 0 Å². The zero-order valence-electron chi connectivity index (χ0n) is 22.3. The highest BCUT2D eigenvalue weighted by Gasteiger charge is 2.65. The van der Waals surface area contributed by atoms with Crippen LogP contribution in [0.25, 0.3) is 0 Å². The zero-order valence-corrected chi connectivity index (χ0v) is 22.3. The molecule has 0 radical (unpaired) electrons. The molecule has 0 aromatic carbocycles. The van der Waals surface area contributed by atoms with Crippen LogP contribution in [0.1, 0.15) is 99.3 Å². The number of Topliss-reactive ketones (excluding diaryl/α,β-unsaturated/α-hetero) is 2. The van der Waals surface area contributed by atoms with Crippen molar-refractivity contribution in [1.29, 1.82) is 0 Å². The zero-order chi connectivity index (χ0) is 25.1. The van der Waals surface area contributed by atoms with Gasteiger partial charge < -0.3 is 10.2 Å². The molecule has 0 aromatic heterocycles. The maximum Gasteiger partial charge on any atom is 0.159 e. The Morgan fingerprint density at radius 3 is 2.35 bits per heavy atom. The average Bonchev–Trinajstić information content (AvgIpc) is 3.07. The third-order valence-corrected chi connectivity index (χ3v) is 11.5. The van der Waals surface area contributed by atoms with Gasteiger partial charge in [0.2, 0.25) is 0 Å².